The molecule has 0 bridgehead atoms. The second-order valence-electron chi connectivity index (χ2n) is 6.77. The van der Waals surface area contributed by atoms with Crippen molar-refractivity contribution in [2.24, 2.45) is 5.41 Å². The number of amides is 1. The molecular weight excluding hydrogens is 278 g/mol. The molecule has 1 aromatic carbocycles. The largest absolute Gasteiger partial charge is 0.445 e. The average molecular weight is 303 g/mol. The minimum absolute atomic E-state index is 0.0373. The number of carbonyl (C=O) groups is 1. The van der Waals surface area contributed by atoms with Crippen LogP contribution in [-0.2, 0) is 11.3 Å². The van der Waals surface area contributed by atoms with Crippen LogP contribution in [0.5, 0.6) is 0 Å². The van der Waals surface area contributed by atoms with Crippen molar-refractivity contribution in [2.75, 3.05) is 0 Å². The zero-order valence-corrected chi connectivity index (χ0v) is 13.0. The first-order valence-electron chi connectivity index (χ1n) is 8.33. The minimum Gasteiger partial charge on any atom is -0.445 e. The normalized spacial score (nSPS) is 26.8. The molecule has 22 heavy (non-hydrogen) atoms. The fraction of sp³-hybridized carbons (Fsp3) is 0.611. The van der Waals surface area contributed by atoms with Gasteiger partial charge in [0, 0.05) is 6.04 Å². The zero-order chi connectivity index (χ0) is 15.4. The molecule has 1 amide bonds. The van der Waals surface area contributed by atoms with E-state index in [1.807, 2.05) is 30.3 Å². The van der Waals surface area contributed by atoms with Crippen molar-refractivity contribution >= 4 is 6.09 Å². The van der Waals surface area contributed by atoms with Crippen molar-refractivity contribution in [2.45, 2.75) is 63.7 Å². The van der Waals surface area contributed by atoms with Crippen molar-refractivity contribution in [3.63, 3.8) is 0 Å². The molecule has 120 valence electrons. The molecule has 4 heteroatoms. The van der Waals surface area contributed by atoms with Crippen LogP contribution in [0.4, 0.5) is 4.79 Å². The summed E-state index contributed by atoms with van der Waals surface area (Å²) < 4.78 is 5.30. The Hall–Kier alpha value is -1.55. The van der Waals surface area contributed by atoms with E-state index in [-0.39, 0.29) is 23.7 Å². The van der Waals surface area contributed by atoms with E-state index in [0.29, 0.717) is 6.61 Å². The molecule has 0 aromatic heterocycles. The lowest BCUT2D eigenvalue weighted by molar-refractivity contribution is -0.0188. The van der Waals surface area contributed by atoms with Crippen LogP contribution in [-0.4, -0.2) is 23.3 Å². The number of hydrogen-bond donors (Lipinski definition) is 2. The lowest BCUT2D eigenvalue weighted by Crippen LogP contribution is -2.47. The Bertz CT molecular complexity index is 496. The molecule has 2 aliphatic rings. The van der Waals surface area contributed by atoms with Gasteiger partial charge < -0.3 is 15.2 Å². The average Bonchev–Trinajstić information content (AvgIpc) is 2.99. The van der Waals surface area contributed by atoms with Crippen LogP contribution in [0.1, 0.15) is 50.5 Å². The highest BCUT2D eigenvalue weighted by Crippen LogP contribution is 2.49. The Balaban J connectivity index is 1.49. The minimum atomic E-state index is -0.349. The highest BCUT2D eigenvalue weighted by atomic mass is 16.5. The smallest absolute Gasteiger partial charge is 0.407 e. The molecule has 2 aliphatic carbocycles. The van der Waals surface area contributed by atoms with Crippen LogP contribution in [0.3, 0.4) is 0 Å². The zero-order valence-electron chi connectivity index (χ0n) is 13.0. The standard InChI is InChI=1S/C18H25NO3/c20-16-9-8-15(12-18(16)10-4-5-11-18)19-17(21)22-13-14-6-2-1-3-7-14/h1-3,6-7,15-16,20H,4-5,8-13H2,(H,19,21). The SMILES string of the molecule is O=C(NC1CCC(O)C2(CCCC2)C1)OCc1ccccc1. The highest BCUT2D eigenvalue weighted by molar-refractivity contribution is 5.67. The Morgan fingerprint density at radius 1 is 1.23 bits per heavy atom. The lowest BCUT2D eigenvalue weighted by atomic mass is 9.69. The number of aliphatic hydroxyl groups excluding tert-OH is 1. The molecule has 2 atom stereocenters. The van der Waals surface area contributed by atoms with Crippen molar-refractivity contribution in [1.82, 2.24) is 5.32 Å². The molecule has 2 fully saturated rings. The highest BCUT2D eigenvalue weighted by Gasteiger charge is 2.45. The Morgan fingerprint density at radius 3 is 2.68 bits per heavy atom. The van der Waals surface area contributed by atoms with Crippen molar-refractivity contribution in [3.8, 4) is 0 Å². The molecule has 1 spiro atoms. The number of aliphatic hydroxyl groups is 1. The van der Waals surface area contributed by atoms with Crippen molar-refractivity contribution < 1.29 is 14.6 Å². The molecule has 0 heterocycles. The van der Waals surface area contributed by atoms with E-state index in [1.165, 1.54) is 12.8 Å². The van der Waals surface area contributed by atoms with Gasteiger partial charge in [0.2, 0.25) is 0 Å². The summed E-state index contributed by atoms with van der Waals surface area (Å²) in [5.74, 6) is 0. The molecule has 0 aliphatic heterocycles. The number of alkyl carbamates (subject to hydrolysis) is 1. The van der Waals surface area contributed by atoms with Crippen LogP contribution in [0.15, 0.2) is 30.3 Å². The quantitative estimate of drug-likeness (QED) is 0.900. The van der Waals surface area contributed by atoms with Gasteiger partial charge in [0.25, 0.3) is 0 Å². The van der Waals surface area contributed by atoms with Crippen molar-refractivity contribution in [3.05, 3.63) is 35.9 Å². The van der Waals surface area contributed by atoms with Crippen molar-refractivity contribution in [1.29, 1.82) is 0 Å². The number of nitrogens with one attached hydrogen (secondary N) is 1. The Morgan fingerprint density at radius 2 is 1.95 bits per heavy atom. The number of hydrogen-bond acceptors (Lipinski definition) is 3. The van der Waals surface area contributed by atoms with E-state index in [4.69, 9.17) is 4.74 Å². The van der Waals surface area contributed by atoms with Gasteiger partial charge in [-0.1, -0.05) is 43.2 Å². The monoisotopic (exact) mass is 303 g/mol. The van der Waals surface area contributed by atoms with Crippen LogP contribution in [0.2, 0.25) is 0 Å². The fourth-order valence-corrected chi connectivity index (χ4v) is 4.07. The maximum absolute atomic E-state index is 12.0. The van der Waals surface area contributed by atoms with Crippen LogP contribution in [0, 0.1) is 5.41 Å². The fourth-order valence-electron chi connectivity index (χ4n) is 4.07. The molecule has 3 rings (SSSR count). The first kappa shape index (κ1) is 15.3. The molecule has 4 nitrogen and oxygen atoms in total. The van der Waals surface area contributed by atoms with E-state index in [2.05, 4.69) is 5.32 Å². The molecule has 2 unspecified atom stereocenters. The molecule has 2 saturated carbocycles. The van der Waals surface area contributed by atoms with Gasteiger partial charge in [-0.15, -0.1) is 0 Å². The third-order valence-electron chi connectivity index (χ3n) is 5.28. The number of carbonyl (C=O) groups excluding carboxylic acids is 1. The second kappa shape index (κ2) is 6.69. The van der Waals surface area contributed by atoms with E-state index < -0.39 is 0 Å². The Kier molecular flexibility index (Phi) is 4.67. The molecule has 0 saturated heterocycles. The van der Waals surface area contributed by atoms with Crippen LogP contribution < -0.4 is 5.32 Å². The summed E-state index contributed by atoms with van der Waals surface area (Å²) in [4.78, 5) is 12.0. The first-order chi connectivity index (χ1) is 10.7. The van der Waals surface area contributed by atoms with Crippen LogP contribution in [0.25, 0.3) is 0 Å². The molecular formula is C18H25NO3. The summed E-state index contributed by atoms with van der Waals surface area (Å²) in [5.41, 5.74) is 1.03. The third-order valence-corrected chi connectivity index (χ3v) is 5.28. The first-order valence-corrected chi connectivity index (χ1v) is 8.33. The van der Waals surface area contributed by atoms with Gasteiger partial charge in [-0.2, -0.15) is 0 Å². The molecule has 0 radical (unpaired) electrons. The van der Waals surface area contributed by atoms with E-state index in [0.717, 1.165) is 37.7 Å². The summed E-state index contributed by atoms with van der Waals surface area (Å²) >= 11 is 0. The summed E-state index contributed by atoms with van der Waals surface area (Å²) in [6.45, 7) is 0.299. The number of ether oxygens (including phenoxy) is 1. The summed E-state index contributed by atoms with van der Waals surface area (Å²) in [6, 6.07) is 9.82. The predicted molar refractivity (Wildman–Crippen MR) is 84.3 cm³/mol. The number of rotatable bonds is 3. The Labute approximate surface area is 131 Å². The van der Waals surface area contributed by atoms with Gasteiger partial charge in [0.15, 0.2) is 0 Å². The van der Waals surface area contributed by atoms with Gasteiger partial charge in [0.05, 0.1) is 6.10 Å². The lowest BCUT2D eigenvalue weighted by Gasteiger charge is -2.42. The maximum atomic E-state index is 12.0. The molecule has 2 N–H and O–H groups in total. The number of benzene rings is 1. The van der Waals surface area contributed by atoms with Gasteiger partial charge in [-0.3, -0.25) is 0 Å². The van der Waals surface area contributed by atoms with Crippen LogP contribution >= 0.6 is 0 Å². The summed E-state index contributed by atoms with van der Waals surface area (Å²) in [7, 11) is 0. The summed E-state index contributed by atoms with van der Waals surface area (Å²) in [5, 5.41) is 13.3. The topological polar surface area (TPSA) is 58.6 Å². The van der Waals surface area contributed by atoms with Gasteiger partial charge in [0.1, 0.15) is 6.61 Å². The molecule has 1 aromatic rings. The van der Waals surface area contributed by atoms with Gasteiger partial charge in [-0.25, -0.2) is 4.79 Å². The van der Waals surface area contributed by atoms with E-state index in [1.54, 1.807) is 0 Å². The van der Waals surface area contributed by atoms with E-state index >= 15 is 0 Å². The summed E-state index contributed by atoms with van der Waals surface area (Å²) in [6.07, 6.45) is 6.52. The predicted octanol–water partition coefficient (Wildman–Crippen LogP) is 3.39. The maximum Gasteiger partial charge on any atom is 0.407 e. The third kappa shape index (κ3) is 3.43. The van der Waals surface area contributed by atoms with Gasteiger partial charge >= 0.3 is 6.09 Å². The van der Waals surface area contributed by atoms with E-state index in [9.17, 15) is 9.90 Å². The second-order valence-corrected chi connectivity index (χ2v) is 6.77. The van der Waals surface area contributed by atoms with Gasteiger partial charge in [-0.05, 0) is 43.1 Å².